The highest BCUT2D eigenvalue weighted by Crippen LogP contribution is 2.47. The third-order valence-electron chi connectivity index (χ3n) is 4.37. The minimum atomic E-state index is 0.373. The molecule has 2 aliphatic rings. The van der Waals surface area contributed by atoms with Crippen molar-refractivity contribution in [1.29, 1.82) is 0 Å². The smallest absolute Gasteiger partial charge is 0.0345 e. The molecule has 2 heteroatoms. The van der Waals surface area contributed by atoms with E-state index in [1.165, 1.54) is 32.2 Å². The molecule has 0 aromatic carbocycles. The van der Waals surface area contributed by atoms with E-state index in [9.17, 15) is 0 Å². The van der Waals surface area contributed by atoms with Crippen LogP contribution in [0.25, 0.3) is 0 Å². The highest BCUT2D eigenvalue weighted by atomic mass is 35.5. The molecule has 2 fully saturated rings. The zero-order valence-electron chi connectivity index (χ0n) is 9.84. The number of rotatable bonds is 6. The molecule has 15 heavy (non-hydrogen) atoms. The summed E-state index contributed by atoms with van der Waals surface area (Å²) in [7, 11) is 0. The number of fused-ring (bicyclic) bond motifs is 2. The summed E-state index contributed by atoms with van der Waals surface area (Å²) in [6, 6.07) is 0. The summed E-state index contributed by atoms with van der Waals surface area (Å²) < 4.78 is 0. The van der Waals surface area contributed by atoms with Crippen LogP contribution in [0, 0.1) is 17.8 Å². The molecule has 0 radical (unpaired) electrons. The molecule has 1 N–H and O–H groups in total. The van der Waals surface area contributed by atoms with E-state index in [1.807, 2.05) is 0 Å². The average molecular weight is 230 g/mol. The monoisotopic (exact) mass is 229 g/mol. The Kier molecular flexibility index (Phi) is 4.33. The first-order valence-corrected chi connectivity index (χ1v) is 7.08. The van der Waals surface area contributed by atoms with E-state index in [0.29, 0.717) is 5.38 Å². The molecule has 1 nitrogen and oxygen atoms in total. The Morgan fingerprint density at radius 3 is 2.80 bits per heavy atom. The predicted octanol–water partition coefficient (Wildman–Crippen LogP) is 3.42. The van der Waals surface area contributed by atoms with Gasteiger partial charge in [0.05, 0.1) is 0 Å². The molecule has 2 aliphatic carbocycles. The van der Waals surface area contributed by atoms with Crippen LogP contribution < -0.4 is 5.32 Å². The molecule has 0 saturated heterocycles. The summed E-state index contributed by atoms with van der Waals surface area (Å²) in [4.78, 5) is 0. The van der Waals surface area contributed by atoms with Crippen molar-refractivity contribution < 1.29 is 0 Å². The topological polar surface area (TPSA) is 12.0 Å². The lowest BCUT2D eigenvalue weighted by atomic mass is 9.89. The fraction of sp³-hybridized carbons (Fsp3) is 1.00. The first kappa shape index (κ1) is 11.7. The SMILES string of the molecule is CCC(Cl)CCNCC1CC2CCC1C2. The largest absolute Gasteiger partial charge is 0.316 e. The Bertz CT molecular complexity index is 195. The van der Waals surface area contributed by atoms with E-state index in [0.717, 1.165) is 37.1 Å². The fourth-order valence-corrected chi connectivity index (χ4v) is 3.49. The van der Waals surface area contributed by atoms with Crippen LogP contribution in [0.15, 0.2) is 0 Å². The van der Waals surface area contributed by atoms with Gasteiger partial charge in [0.2, 0.25) is 0 Å². The Morgan fingerprint density at radius 2 is 2.20 bits per heavy atom. The number of nitrogens with one attached hydrogen (secondary N) is 1. The van der Waals surface area contributed by atoms with Gasteiger partial charge in [-0.25, -0.2) is 0 Å². The second kappa shape index (κ2) is 5.54. The maximum atomic E-state index is 6.08. The fourth-order valence-electron chi connectivity index (χ4n) is 3.38. The molecule has 4 unspecified atom stereocenters. The van der Waals surface area contributed by atoms with Crippen LogP contribution in [0.2, 0.25) is 0 Å². The molecule has 88 valence electrons. The zero-order valence-corrected chi connectivity index (χ0v) is 10.6. The van der Waals surface area contributed by atoms with Gasteiger partial charge < -0.3 is 5.32 Å². The van der Waals surface area contributed by atoms with Crippen LogP contribution in [-0.4, -0.2) is 18.5 Å². The van der Waals surface area contributed by atoms with Gasteiger partial charge in [-0.15, -0.1) is 11.6 Å². The van der Waals surface area contributed by atoms with Crippen molar-refractivity contribution in [2.24, 2.45) is 17.8 Å². The molecule has 0 heterocycles. The summed E-state index contributed by atoms with van der Waals surface area (Å²) in [5, 5.41) is 3.97. The van der Waals surface area contributed by atoms with Crippen molar-refractivity contribution >= 4 is 11.6 Å². The van der Waals surface area contributed by atoms with Crippen LogP contribution in [0.5, 0.6) is 0 Å². The van der Waals surface area contributed by atoms with Gasteiger partial charge in [0.25, 0.3) is 0 Å². The quantitative estimate of drug-likeness (QED) is 0.544. The normalized spacial score (nSPS) is 36.0. The number of hydrogen-bond donors (Lipinski definition) is 1. The molecule has 4 atom stereocenters. The van der Waals surface area contributed by atoms with Crippen LogP contribution in [0.4, 0.5) is 0 Å². The Labute approximate surface area is 99.0 Å². The van der Waals surface area contributed by atoms with E-state index in [1.54, 1.807) is 0 Å². The Hall–Kier alpha value is 0.250. The highest BCUT2D eigenvalue weighted by Gasteiger charge is 2.38. The number of halogens is 1. The Morgan fingerprint density at radius 1 is 1.33 bits per heavy atom. The maximum Gasteiger partial charge on any atom is 0.0345 e. The van der Waals surface area contributed by atoms with Gasteiger partial charge in [-0.3, -0.25) is 0 Å². The van der Waals surface area contributed by atoms with E-state index in [2.05, 4.69) is 12.2 Å². The second-order valence-corrected chi connectivity index (χ2v) is 6.05. The third-order valence-corrected chi connectivity index (χ3v) is 4.90. The molecule has 0 spiro atoms. The van der Waals surface area contributed by atoms with Gasteiger partial charge in [0.1, 0.15) is 0 Å². The average Bonchev–Trinajstić information content (AvgIpc) is 2.85. The van der Waals surface area contributed by atoms with Crippen molar-refractivity contribution in [2.75, 3.05) is 13.1 Å². The van der Waals surface area contributed by atoms with Gasteiger partial charge >= 0.3 is 0 Å². The van der Waals surface area contributed by atoms with E-state index in [4.69, 9.17) is 11.6 Å². The minimum absolute atomic E-state index is 0.373. The molecule has 0 aromatic heterocycles. The summed E-state index contributed by atoms with van der Waals surface area (Å²) >= 11 is 6.08. The Balaban J connectivity index is 1.55. The molecule has 2 rings (SSSR count). The van der Waals surface area contributed by atoms with Crippen LogP contribution in [0.3, 0.4) is 0 Å². The molecular formula is C13H24ClN. The van der Waals surface area contributed by atoms with Crippen LogP contribution >= 0.6 is 11.6 Å². The van der Waals surface area contributed by atoms with Crippen molar-refractivity contribution in [1.82, 2.24) is 5.32 Å². The summed E-state index contributed by atoms with van der Waals surface area (Å²) in [5.41, 5.74) is 0. The molecule has 0 amide bonds. The van der Waals surface area contributed by atoms with E-state index in [-0.39, 0.29) is 0 Å². The van der Waals surface area contributed by atoms with Crippen LogP contribution in [-0.2, 0) is 0 Å². The van der Waals surface area contributed by atoms with Crippen molar-refractivity contribution in [2.45, 2.75) is 50.8 Å². The van der Waals surface area contributed by atoms with Crippen molar-refractivity contribution in [3.05, 3.63) is 0 Å². The molecule has 0 aliphatic heterocycles. The van der Waals surface area contributed by atoms with E-state index < -0.39 is 0 Å². The maximum absolute atomic E-state index is 6.08. The molecule has 2 saturated carbocycles. The highest BCUT2D eigenvalue weighted by molar-refractivity contribution is 6.20. The number of hydrogen-bond acceptors (Lipinski definition) is 1. The van der Waals surface area contributed by atoms with Crippen LogP contribution in [0.1, 0.15) is 45.4 Å². The lowest BCUT2D eigenvalue weighted by Crippen LogP contribution is -2.28. The van der Waals surface area contributed by atoms with Gasteiger partial charge in [-0.1, -0.05) is 13.3 Å². The van der Waals surface area contributed by atoms with Crippen molar-refractivity contribution in [3.8, 4) is 0 Å². The number of alkyl halides is 1. The standard InChI is InChI=1S/C13H24ClN/c1-2-13(14)5-6-15-9-12-8-10-3-4-11(12)7-10/h10-13,15H,2-9H2,1H3. The summed E-state index contributed by atoms with van der Waals surface area (Å²) in [5.74, 6) is 3.12. The lowest BCUT2D eigenvalue weighted by Gasteiger charge is -2.22. The third kappa shape index (κ3) is 3.10. The first-order valence-electron chi connectivity index (χ1n) is 6.64. The molecular weight excluding hydrogens is 206 g/mol. The lowest BCUT2D eigenvalue weighted by molar-refractivity contribution is 0.318. The first-order chi connectivity index (χ1) is 7.29. The van der Waals surface area contributed by atoms with Gasteiger partial charge in [-0.2, -0.15) is 0 Å². The van der Waals surface area contributed by atoms with Gasteiger partial charge in [0, 0.05) is 5.38 Å². The molecule has 2 bridgehead atoms. The van der Waals surface area contributed by atoms with Gasteiger partial charge in [0.15, 0.2) is 0 Å². The second-order valence-electron chi connectivity index (χ2n) is 5.43. The minimum Gasteiger partial charge on any atom is -0.316 e. The van der Waals surface area contributed by atoms with E-state index >= 15 is 0 Å². The summed E-state index contributed by atoms with van der Waals surface area (Å²) in [6.45, 7) is 4.51. The summed E-state index contributed by atoms with van der Waals surface area (Å²) in [6.07, 6.45) is 8.26. The van der Waals surface area contributed by atoms with Crippen molar-refractivity contribution in [3.63, 3.8) is 0 Å². The molecule has 0 aromatic rings. The predicted molar refractivity (Wildman–Crippen MR) is 66.4 cm³/mol. The van der Waals surface area contributed by atoms with Gasteiger partial charge in [-0.05, 0) is 62.9 Å². The zero-order chi connectivity index (χ0) is 10.7.